The number of benzene rings is 2. The zero-order valence-corrected chi connectivity index (χ0v) is 19.8. The van der Waals surface area contributed by atoms with E-state index in [1.165, 1.54) is 37.3 Å². The molecule has 8 nitrogen and oxygen atoms in total. The normalized spacial score (nSPS) is 11.6. The largest absolute Gasteiger partial charge is 0.478 e. The molecule has 1 amide bonds. The summed E-state index contributed by atoms with van der Waals surface area (Å²) in [6, 6.07) is 9.61. The van der Waals surface area contributed by atoms with E-state index < -0.39 is 40.1 Å². The fourth-order valence-corrected chi connectivity index (χ4v) is 4.83. The molecule has 0 bridgehead atoms. The molecule has 4 rings (SSSR count). The third-order valence-electron chi connectivity index (χ3n) is 5.23. The fourth-order valence-electron chi connectivity index (χ4n) is 3.48. The summed E-state index contributed by atoms with van der Waals surface area (Å²) in [6.45, 7) is 1.50. The number of hydroxylamine groups is 2. The lowest BCUT2D eigenvalue weighted by Crippen LogP contribution is -2.26. The van der Waals surface area contributed by atoms with Gasteiger partial charge in [0.2, 0.25) is 0 Å². The Bertz CT molecular complexity index is 1510. The minimum atomic E-state index is -4.88. The second kappa shape index (κ2) is 9.37. The quantitative estimate of drug-likeness (QED) is 0.250. The number of alkyl halides is 3. The van der Waals surface area contributed by atoms with Crippen LogP contribution in [-0.4, -0.2) is 49.5 Å². The Kier molecular flexibility index (Phi) is 6.60. The summed E-state index contributed by atoms with van der Waals surface area (Å²) in [5.74, 6) is -3.13. The number of thiophene rings is 1. The summed E-state index contributed by atoms with van der Waals surface area (Å²) in [5.41, 5.74) is -1.60. The average Bonchev–Trinajstić information content (AvgIpc) is 3.41. The predicted octanol–water partition coefficient (Wildman–Crippen LogP) is 5.68. The molecular formula is C23H15ClF3N3O5S. The highest BCUT2D eigenvalue weighted by atomic mass is 35.5. The van der Waals surface area contributed by atoms with Crippen molar-refractivity contribution in [3.63, 3.8) is 0 Å². The lowest BCUT2D eigenvalue weighted by Gasteiger charge is -2.13. The first kappa shape index (κ1) is 25.4. The lowest BCUT2D eigenvalue weighted by molar-refractivity contribution is -0.137. The van der Waals surface area contributed by atoms with E-state index in [0.717, 1.165) is 29.5 Å². The third-order valence-corrected chi connectivity index (χ3v) is 6.66. The van der Waals surface area contributed by atoms with Crippen molar-refractivity contribution in [3.8, 4) is 11.3 Å². The van der Waals surface area contributed by atoms with Crippen molar-refractivity contribution in [1.29, 1.82) is 0 Å². The summed E-state index contributed by atoms with van der Waals surface area (Å²) in [7, 11) is 0. The van der Waals surface area contributed by atoms with Crippen molar-refractivity contribution in [1.82, 2.24) is 14.8 Å². The molecule has 186 valence electrons. The summed E-state index contributed by atoms with van der Waals surface area (Å²) in [4.78, 5) is 37.1. The van der Waals surface area contributed by atoms with Gasteiger partial charge >= 0.3 is 12.1 Å². The molecule has 0 aliphatic heterocycles. The van der Waals surface area contributed by atoms with Crippen molar-refractivity contribution >= 4 is 50.9 Å². The van der Waals surface area contributed by atoms with Gasteiger partial charge in [-0.25, -0.2) is 9.86 Å². The second-order valence-corrected chi connectivity index (χ2v) is 8.91. The predicted molar refractivity (Wildman–Crippen MR) is 125 cm³/mol. The number of hydrogen-bond donors (Lipinski definition) is 2. The zero-order valence-electron chi connectivity index (χ0n) is 18.2. The van der Waals surface area contributed by atoms with Crippen molar-refractivity contribution < 1.29 is 37.9 Å². The SMILES string of the molecule is CCN(O)C(=O)c1cc2c(s1)c(-c1ccc(C(=O)O)cc1)nn2C(=O)c1c(Cl)cccc1C(F)(F)F. The van der Waals surface area contributed by atoms with E-state index in [0.29, 0.717) is 15.3 Å². The molecule has 4 aromatic rings. The highest BCUT2D eigenvalue weighted by Crippen LogP contribution is 2.39. The van der Waals surface area contributed by atoms with Gasteiger partial charge in [-0.3, -0.25) is 14.8 Å². The molecule has 0 radical (unpaired) electrons. The monoisotopic (exact) mass is 537 g/mol. The Hall–Kier alpha value is -3.74. The molecule has 13 heteroatoms. The highest BCUT2D eigenvalue weighted by Gasteiger charge is 2.37. The van der Waals surface area contributed by atoms with Crippen LogP contribution in [0.2, 0.25) is 5.02 Å². The fraction of sp³-hybridized carbons (Fsp3) is 0.130. The summed E-state index contributed by atoms with van der Waals surface area (Å²) in [5, 5.41) is 23.2. The van der Waals surface area contributed by atoms with Crippen LogP contribution in [0.25, 0.3) is 21.5 Å². The van der Waals surface area contributed by atoms with Crippen LogP contribution in [0.3, 0.4) is 0 Å². The van der Waals surface area contributed by atoms with Crippen LogP contribution in [0, 0.1) is 0 Å². The van der Waals surface area contributed by atoms with Crippen LogP contribution in [-0.2, 0) is 6.18 Å². The first-order valence-corrected chi connectivity index (χ1v) is 11.4. The second-order valence-electron chi connectivity index (χ2n) is 7.45. The molecule has 0 unspecified atom stereocenters. The van der Waals surface area contributed by atoms with Crippen LogP contribution < -0.4 is 0 Å². The van der Waals surface area contributed by atoms with Gasteiger partial charge < -0.3 is 5.11 Å². The van der Waals surface area contributed by atoms with E-state index in [4.69, 9.17) is 16.7 Å². The zero-order chi connectivity index (χ0) is 26.4. The van der Waals surface area contributed by atoms with Crippen molar-refractivity contribution in [3.05, 3.63) is 75.1 Å². The average molecular weight is 538 g/mol. The standard InChI is InChI=1S/C23H15ClF3N3O5S/c1-2-29(35)20(31)16-10-15-19(36-16)18(11-6-8-12(9-7-11)22(33)34)28-30(15)21(32)17-13(23(25,26)27)4-3-5-14(17)24/h3-10,35H,2H2,1H3,(H,33,34). The van der Waals surface area contributed by atoms with E-state index >= 15 is 0 Å². The number of carboxylic acid groups (broad SMARTS) is 1. The van der Waals surface area contributed by atoms with E-state index in [2.05, 4.69) is 5.10 Å². The van der Waals surface area contributed by atoms with Crippen LogP contribution in [0.15, 0.2) is 48.5 Å². The highest BCUT2D eigenvalue weighted by molar-refractivity contribution is 7.21. The maximum absolute atomic E-state index is 13.7. The Morgan fingerprint density at radius 1 is 1.14 bits per heavy atom. The van der Waals surface area contributed by atoms with Gasteiger partial charge in [-0.2, -0.15) is 23.0 Å². The number of aromatic nitrogens is 2. The maximum Gasteiger partial charge on any atom is 0.417 e. The molecule has 0 aliphatic carbocycles. The number of carbonyl (C=O) groups is 3. The number of rotatable bonds is 5. The molecular weight excluding hydrogens is 523 g/mol. The molecule has 2 aromatic heterocycles. The van der Waals surface area contributed by atoms with Crippen LogP contribution in [0.1, 0.15) is 42.9 Å². The third kappa shape index (κ3) is 4.45. The van der Waals surface area contributed by atoms with Crippen LogP contribution in [0.4, 0.5) is 13.2 Å². The van der Waals surface area contributed by atoms with Gasteiger partial charge in [0.1, 0.15) is 5.69 Å². The van der Waals surface area contributed by atoms with Crippen molar-refractivity contribution in [2.75, 3.05) is 6.54 Å². The van der Waals surface area contributed by atoms with Crippen LogP contribution >= 0.6 is 22.9 Å². The van der Waals surface area contributed by atoms with Gasteiger partial charge in [0.05, 0.1) is 36.8 Å². The van der Waals surface area contributed by atoms with Crippen molar-refractivity contribution in [2.45, 2.75) is 13.1 Å². The Morgan fingerprint density at radius 2 is 1.81 bits per heavy atom. The molecule has 0 aliphatic rings. The number of carboxylic acids is 1. The number of aromatic carboxylic acids is 1. The lowest BCUT2D eigenvalue weighted by atomic mass is 10.1. The molecule has 2 aromatic carbocycles. The molecule has 2 N–H and O–H groups in total. The number of fused-ring (bicyclic) bond motifs is 1. The van der Waals surface area contributed by atoms with Gasteiger partial charge in [-0.05, 0) is 37.3 Å². The molecule has 0 saturated carbocycles. The minimum absolute atomic E-state index is 0.00640. The Balaban J connectivity index is 1.96. The van der Waals surface area contributed by atoms with E-state index in [1.54, 1.807) is 0 Å². The maximum atomic E-state index is 13.7. The molecule has 0 spiro atoms. The minimum Gasteiger partial charge on any atom is -0.478 e. The van der Waals surface area contributed by atoms with Gasteiger partial charge in [-0.15, -0.1) is 11.3 Å². The van der Waals surface area contributed by atoms with E-state index in [-0.39, 0.29) is 32.9 Å². The molecule has 0 fully saturated rings. The number of carbonyl (C=O) groups excluding carboxylic acids is 2. The molecule has 0 saturated heterocycles. The van der Waals surface area contributed by atoms with E-state index in [1.807, 2.05) is 0 Å². The molecule has 2 heterocycles. The number of nitrogens with zero attached hydrogens (tertiary/aromatic N) is 3. The topological polar surface area (TPSA) is 113 Å². The number of amides is 1. The summed E-state index contributed by atoms with van der Waals surface area (Å²) >= 11 is 6.88. The Morgan fingerprint density at radius 3 is 2.39 bits per heavy atom. The summed E-state index contributed by atoms with van der Waals surface area (Å²) in [6.07, 6.45) is -4.88. The number of hydrogen-bond acceptors (Lipinski definition) is 6. The van der Waals surface area contributed by atoms with E-state index in [9.17, 15) is 32.8 Å². The smallest absolute Gasteiger partial charge is 0.417 e. The first-order chi connectivity index (χ1) is 16.9. The van der Waals surface area contributed by atoms with Gasteiger partial charge in [0.25, 0.3) is 11.8 Å². The Labute approximate surface area is 209 Å². The van der Waals surface area contributed by atoms with Gasteiger partial charge in [0.15, 0.2) is 0 Å². The van der Waals surface area contributed by atoms with Gasteiger partial charge in [-0.1, -0.05) is 29.8 Å². The van der Waals surface area contributed by atoms with Crippen molar-refractivity contribution in [2.24, 2.45) is 0 Å². The van der Waals surface area contributed by atoms with Gasteiger partial charge in [0, 0.05) is 12.1 Å². The van der Waals surface area contributed by atoms with Crippen LogP contribution in [0.5, 0.6) is 0 Å². The number of halogens is 4. The first-order valence-electron chi connectivity index (χ1n) is 10.2. The summed E-state index contributed by atoms with van der Waals surface area (Å²) < 4.78 is 42.0. The molecule has 36 heavy (non-hydrogen) atoms. The molecule has 0 atom stereocenters.